The lowest BCUT2D eigenvalue weighted by atomic mass is 9.88. The van der Waals surface area contributed by atoms with Crippen LogP contribution in [-0.4, -0.2) is 15.0 Å². The molecule has 9 aromatic carbocycles. The van der Waals surface area contributed by atoms with E-state index in [9.17, 15) is 0 Å². The van der Waals surface area contributed by atoms with Crippen molar-refractivity contribution in [2.45, 2.75) is 0 Å². The van der Waals surface area contributed by atoms with Crippen LogP contribution in [0.4, 0.5) is 0 Å². The van der Waals surface area contributed by atoms with E-state index >= 15 is 0 Å². The summed E-state index contributed by atoms with van der Waals surface area (Å²) in [5, 5.41) is 7.26. The van der Waals surface area contributed by atoms with Crippen LogP contribution in [0.3, 0.4) is 0 Å². The molecular formula is C51H33N3. The van der Waals surface area contributed by atoms with Crippen LogP contribution in [0.5, 0.6) is 0 Å². The van der Waals surface area contributed by atoms with Gasteiger partial charge in [0.2, 0.25) is 0 Å². The molecule has 0 saturated heterocycles. The second-order valence-electron chi connectivity index (χ2n) is 13.6. The molecule has 0 aliphatic rings. The number of rotatable bonds is 6. The lowest BCUT2D eigenvalue weighted by Gasteiger charge is -2.17. The van der Waals surface area contributed by atoms with Crippen LogP contribution in [-0.2, 0) is 0 Å². The Morgan fingerprint density at radius 3 is 1.50 bits per heavy atom. The van der Waals surface area contributed by atoms with Gasteiger partial charge in [0, 0.05) is 16.7 Å². The highest BCUT2D eigenvalue weighted by molar-refractivity contribution is 6.21. The van der Waals surface area contributed by atoms with E-state index < -0.39 is 0 Å². The Balaban J connectivity index is 1.25. The van der Waals surface area contributed by atoms with Crippen molar-refractivity contribution in [1.82, 2.24) is 15.0 Å². The second kappa shape index (κ2) is 13.4. The first-order chi connectivity index (χ1) is 26.8. The molecule has 0 amide bonds. The molecule has 1 heterocycles. The van der Waals surface area contributed by atoms with Crippen LogP contribution in [0, 0.1) is 0 Å². The Kier molecular flexibility index (Phi) is 7.81. The van der Waals surface area contributed by atoms with Gasteiger partial charge >= 0.3 is 0 Å². The fourth-order valence-corrected chi connectivity index (χ4v) is 7.77. The molecule has 252 valence electrons. The summed E-state index contributed by atoms with van der Waals surface area (Å²) < 4.78 is 0. The second-order valence-corrected chi connectivity index (χ2v) is 13.6. The molecule has 0 saturated carbocycles. The number of fused-ring (bicyclic) bond motifs is 4. The predicted octanol–water partition coefficient (Wildman–Crippen LogP) is 13.3. The van der Waals surface area contributed by atoms with E-state index in [4.69, 9.17) is 15.0 Å². The first kappa shape index (κ1) is 31.5. The van der Waals surface area contributed by atoms with Gasteiger partial charge in [0.1, 0.15) is 0 Å². The van der Waals surface area contributed by atoms with Crippen molar-refractivity contribution in [1.29, 1.82) is 0 Å². The summed E-state index contributed by atoms with van der Waals surface area (Å²) in [5.74, 6) is 1.88. The fourth-order valence-electron chi connectivity index (χ4n) is 7.77. The van der Waals surface area contributed by atoms with Crippen LogP contribution in [0.25, 0.3) is 99.9 Å². The Hall–Kier alpha value is -7.23. The third-order valence-electron chi connectivity index (χ3n) is 10.3. The molecule has 0 unspecified atom stereocenters. The summed E-state index contributed by atoms with van der Waals surface area (Å²) in [7, 11) is 0. The Bertz CT molecular complexity index is 2990. The van der Waals surface area contributed by atoms with Gasteiger partial charge < -0.3 is 0 Å². The highest BCUT2D eigenvalue weighted by atomic mass is 15.0. The molecule has 0 bridgehead atoms. The van der Waals surface area contributed by atoms with Gasteiger partial charge in [-0.25, -0.2) is 15.0 Å². The van der Waals surface area contributed by atoms with E-state index in [-0.39, 0.29) is 0 Å². The van der Waals surface area contributed by atoms with Crippen molar-refractivity contribution >= 4 is 32.3 Å². The standard InChI is InChI=1S/C51H33N3/c1-3-16-34(17-4-1)37-22-15-23-39(32-37)49-52-50(45-28-13-11-24-40(45)35-18-5-2-6-19-35)54-51(53-49)46-29-14-12-27-43(46)48-42-26-10-8-21-38(42)33-47-41-25-9-7-20-36(41)30-31-44(47)48/h1-33H. The summed E-state index contributed by atoms with van der Waals surface area (Å²) in [6, 6.07) is 70.5. The summed E-state index contributed by atoms with van der Waals surface area (Å²) >= 11 is 0. The largest absolute Gasteiger partial charge is 0.208 e. The Morgan fingerprint density at radius 2 is 0.759 bits per heavy atom. The zero-order chi connectivity index (χ0) is 35.8. The van der Waals surface area contributed by atoms with Gasteiger partial charge in [-0.15, -0.1) is 0 Å². The molecule has 0 N–H and O–H groups in total. The van der Waals surface area contributed by atoms with Crippen molar-refractivity contribution in [2.24, 2.45) is 0 Å². The minimum atomic E-state index is 0.624. The molecule has 3 heteroatoms. The molecule has 0 aliphatic heterocycles. The zero-order valence-corrected chi connectivity index (χ0v) is 29.4. The highest BCUT2D eigenvalue weighted by Crippen LogP contribution is 2.43. The van der Waals surface area contributed by atoms with Crippen molar-refractivity contribution in [2.75, 3.05) is 0 Å². The lowest BCUT2D eigenvalue weighted by Crippen LogP contribution is -2.02. The number of benzene rings is 9. The first-order valence-corrected chi connectivity index (χ1v) is 18.3. The van der Waals surface area contributed by atoms with Crippen molar-refractivity contribution < 1.29 is 0 Å². The van der Waals surface area contributed by atoms with E-state index in [0.29, 0.717) is 17.5 Å². The minimum Gasteiger partial charge on any atom is -0.208 e. The third kappa shape index (κ3) is 5.60. The van der Waals surface area contributed by atoms with Gasteiger partial charge in [-0.3, -0.25) is 0 Å². The fraction of sp³-hybridized carbons (Fsp3) is 0. The van der Waals surface area contributed by atoms with Gasteiger partial charge in [-0.2, -0.15) is 0 Å². The predicted molar refractivity (Wildman–Crippen MR) is 225 cm³/mol. The smallest absolute Gasteiger partial charge is 0.164 e. The monoisotopic (exact) mass is 687 g/mol. The van der Waals surface area contributed by atoms with Gasteiger partial charge in [-0.1, -0.05) is 188 Å². The molecule has 0 radical (unpaired) electrons. The van der Waals surface area contributed by atoms with Crippen LogP contribution < -0.4 is 0 Å². The molecule has 10 rings (SSSR count). The zero-order valence-electron chi connectivity index (χ0n) is 29.4. The summed E-state index contributed by atoms with van der Waals surface area (Å²) in [6.45, 7) is 0. The van der Waals surface area contributed by atoms with Crippen molar-refractivity contribution in [3.63, 3.8) is 0 Å². The number of nitrogens with zero attached hydrogens (tertiary/aromatic N) is 3. The quantitative estimate of drug-likeness (QED) is 0.129. The average molecular weight is 688 g/mol. The summed E-state index contributed by atoms with van der Waals surface area (Å²) in [4.78, 5) is 15.9. The summed E-state index contributed by atoms with van der Waals surface area (Å²) in [6.07, 6.45) is 0. The van der Waals surface area contributed by atoms with Gasteiger partial charge in [-0.05, 0) is 77.8 Å². The summed E-state index contributed by atoms with van der Waals surface area (Å²) in [5.41, 5.74) is 9.50. The van der Waals surface area contributed by atoms with Crippen LogP contribution in [0.15, 0.2) is 200 Å². The maximum absolute atomic E-state index is 5.34. The maximum atomic E-state index is 5.34. The highest BCUT2D eigenvalue weighted by Gasteiger charge is 2.20. The van der Waals surface area contributed by atoms with E-state index in [1.165, 1.54) is 37.9 Å². The number of aromatic nitrogens is 3. The van der Waals surface area contributed by atoms with E-state index in [2.05, 4.69) is 188 Å². The SMILES string of the molecule is c1ccc(-c2cccc(-c3nc(-c4ccccc4-c4ccccc4)nc(-c4ccccc4-c4c5ccccc5cc5c4ccc4ccccc45)n3)c2)cc1. The molecule has 1 aromatic heterocycles. The van der Waals surface area contributed by atoms with Crippen LogP contribution in [0.1, 0.15) is 0 Å². The van der Waals surface area contributed by atoms with E-state index in [1.54, 1.807) is 0 Å². The number of hydrogen-bond acceptors (Lipinski definition) is 3. The van der Waals surface area contributed by atoms with Crippen LogP contribution in [0.2, 0.25) is 0 Å². The van der Waals surface area contributed by atoms with E-state index in [0.717, 1.165) is 44.5 Å². The maximum Gasteiger partial charge on any atom is 0.164 e. The van der Waals surface area contributed by atoms with E-state index in [1.807, 2.05) is 12.1 Å². The normalized spacial score (nSPS) is 11.3. The minimum absolute atomic E-state index is 0.624. The Morgan fingerprint density at radius 1 is 0.241 bits per heavy atom. The average Bonchev–Trinajstić information content (AvgIpc) is 3.26. The molecule has 0 spiro atoms. The van der Waals surface area contributed by atoms with Gasteiger partial charge in [0.15, 0.2) is 17.5 Å². The molecule has 3 nitrogen and oxygen atoms in total. The van der Waals surface area contributed by atoms with Crippen molar-refractivity contribution in [3.8, 4) is 67.5 Å². The first-order valence-electron chi connectivity index (χ1n) is 18.3. The van der Waals surface area contributed by atoms with Crippen LogP contribution >= 0.6 is 0 Å². The topological polar surface area (TPSA) is 38.7 Å². The molecule has 0 fully saturated rings. The van der Waals surface area contributed by atoms with Crippen molar-refractivity contribution in [3.05, 3.63) is 200 Å². The van der Waals surface area contributed by atoms with Gasteiger partial charge in [0.25, 0.3) is 0 Å². The number of hydrogen-bond donors (Lipinski definition) is 0. The molecule has 0 atom stereocenters. The molecule has 54 heavy (non-hydrogen) atoms. The molecular weight excluding hydrogens is 655 g/mol. The molecule has 10 aromatic rings. The lowest BCUT2D eigenvalue weighted by molar-refractivity contribution is 1.07. The third-order valence-corrected chi connectivity index (χ3v) is 10.3. The Labute approximate surface area is 313 Å². The van der Waals surface area contributed by atoms with Gasteiger partial charge in [0.05, 0.1) is 0 Å². The molecule has 0 aliphatic carbocycles.